The van der Waals surface area contributed by atoms with Gasteiger partial charge in [0, 0.05) is 19.7 Å². The number of halogens is 3. The van der Waals surface area contributed by atoms with Gasteiger partial charge in [0.15, 0.2) is 0 Å². The van der Waals surface area contributed by atoms with Gasteiger partial charge >= 0.3 is 6.18 Å². The zero-order chi connectivity index (χ0) is 15.3. The van der Waals surface area contributed by atoms with Crippen molar-refractivity contribution in [1.29, 1.82) is 0 Å². The van der Waals surface area contributed by atoms with Crippen LogP contribution in [0.1, 0.15) is 19.7 Å². The first-order chi connectivity index (χ1) is 9.24. The maximum Gasteiger partial charge on any atom is 0.451 e. The first-order valence-corrected chi connectivity index (χ1v) is 5.99. The number of anilines is 2. The van der Waals surface area contributed by atoms with E-state index in [0.29, 0.717) is 13.2 Å². The van der Waals surface area contributed by atoms with Crippen LogP contribution in [0.4, 0.5) is 24.8 Å². The Balaban J connectivity index is 2.88. The van der Waals surface area contributed by atoms with Crippen molar-refractivity contribution in [2.24, 2.45) is 5.84 Å². The number of hydrogen-bond donors (Lipinski definition) is 2. The first-order valence-electron chi connectivity index (χ1n) is 5.99. The standard InChI is InChI=1S/C11H18F3N5O/c1-7(2)20-5-4-19(3)9-6-8(18-15)16-10(17-9)11(12,13)14/h6-7H,4-5,15H2,1-3H3,(H,16,17,18). The van der Waals surface area contributed by atoms with Crippen molar-refractivity contribution in [3.8, 4) is 0 Å². The van der Waals surface area contributed by atoms with Crippen LogP contribution in [0.3, 0.4) is 0 Å². The molecule has 9 heteroatoms. The lowest BCUT2D eigenvalue weighted by atomic mass is 10.4. The molecule has 1 aromatic heterocycles. The molecule has 6 nitrogen and oxygen atoms in total. The fourth-order valence-electron chi connectivity index (χ4n) is 1.37. The Hall–Kier alpha value is -1.61. The highest BCUT2D eigenvalue weighted by Crippen LogP contribution is 2.28. The number of aromatic nitrogens is 2. The van der Waals surface area contributed by atoms with Gasteiger partial charge in [-0.3, -0.25) is 0 Å². The number of ether oxygens (including phenoxy) is 1. The Labute approximate surface area is 115 Å². The minimum atomic E-state index is -4.63. The molecule has 0 fully saturated rings. The van der Waals surface area contributed by atoms with Crippen molar-refractivity contribution in [3.05, 3.63) is 11.9 Å². The monoisotopic (exact) mass is 293 g/mol. The lowest BCUT2D eigenvalue weighted by Crippen LogP contribution is -2.26. The van der Waals surface area contributed by atoms with Gasteiger partial charge in [-0.25, -0.2) is 15.8 Å². The van der Waals surface area contributed by atoms with Crippen molar-refractivity contribution in [2.45, 2.75) is 26.1 Å². The van der Waals surface area contributed by atoms with E-state index in [2.05, 4.69) is 15.4 Å². The van der Waals surface area contributed by atoms with E-state index in [1.165, 1.54) is 6.07 Å². The molecule has 0 aliphatic rings. The van der Waals surface area contributed by atoms with Gasteiger partial charge in [0.05, 0.1) is 12.7 Å². The van der Waals surface area contributed by atoms with Crippen molar-refractivity contribution in [1.82, 2.24) is 9.97 Å². The van der Waals surface area contributed by atoms with Crippen molar-refractivity contribution in [3.63, 3.8) is 0 Å². The zero-order valence-corrected chi connectivity index (χ0v) is 11.5. The number of likely N-dealkylation sites (N-methyl/N-ethyl adjacent to an activating group) is 1. The lowest BCUT2D eigenvalue weighted by Gasteiger charge is -2.20. The van der Waals surface area contributed by atoms with Crippen molar-refractivity contribution in [2.75, 3.05) is 30.5 Å². The molecule has 0 radical (unpaired) electrons. The van der Waals surface area contributed by atoms with Crippen molar-refractivity contribution < 1.29 is 17.9 Å². The molecule has 1 heterocycles. The average molecular weight is 293 g/mol. The summed E-state index contributed by atoms with van der Waals surface area (Å²) in [4.78, 5) is 8.31. The molecular weight excluding hydrogens is 275 g/mol. The third kappa shape index (κ3) is 4.82. The molecule has 114 valence electrons. The Morgan fingerprint density at radius 3 is 2.55 bits per heavy atom. The van der Waals surface area contributed by atoms with Crippen LogP contribution in [0, 0.1) is 0 Å². The van der Waals surface area contributed by atoms with Gasteiger partial charge < -0.3 is 15.1 Å². The van der Waals surface area contributed by atoms with Crippen molar-refractivity contribution >= 4 is 11.6 Å². The molecule has 0 aliphatic carbocycles. The second-order valence-electron chi connectivity index (χ2n) is 4.42. The molecule has 0 saturated heterocycles. The summed E-state index contributed by atoms with van der Waals surface area (Å²) in [5.41, 5.74) is 2.10. The topological polar surface area (TPSA) is 76.3 Å². The van der Waals surface area contributed by atoms with E-state index in [-0.39, 0.29) is 17.7 Å². The summed E-state index contributed by atoms with van der Waals surface area (Å²) in [6.45, 7) is 4.53. The summed E-state index contributed by atoms with van der Waals surface area (Å²) >= 11 is 0. The minimum absolute atomic E-state index is 0.0563. The summed E-state index contributed by atoms with van der Waals surface area (Å²) in [6.07, 6.45) is -4.57. The van der Waals surface area contributed by atoms with Crippen LogP contribution >= 0.6 is 0 Å². The van der Waals surface area contributed by atoms with Crippen LogP contribution in [0.25, 0.3) is 0 Å². The summed E-state index contributed by atoms with van der Waals surface area (Å²) < 4.78 is 43.3. The third-order valence-corrected chi connectivity index (χ3v) is 2.38. The van der Waals surface area contributed by atoms with E-state index < -0.39 is 12.0 Å². The lowest BCUT2D eigenvalue weighted by molar-refractivity contribution is -0.144. The molecule has 1 rings (SSSR count). The Bertz CT molecular complexity index is 439. The molecule has 0 atom stereocenters. The van der Waals surface area contributed by atoms with Crippen LogP contribution in [0.5, 0.6) is 0 Å². The van der Waals surface area contributed by atoms with Crippen LogP contribution in [-0.4, -0.2) is 36.3 Å². The second kappa shape index (κ2) is 6.71. The highest BCUT2D eigenvalue weighted by atomic mass is 19.4. The number of rotatable bonds is 6. The van der Waals surface area contributed by atoms with Crippen LogP contribution in [0.15, 0.2) is 6.07 Å². The normalized spacial score (nSPS) is 11.8. The zero-order valence-electron chi connectivity index (χ0n) is 11.5. The minimum Gasteiger partial charge on any atom is -0.377 e. The molecule has 0 aliphatic heterocycles. The molecular formula is C11H18F3N5O. The molecule has 0 bridgehead atoms. The molecule has 0 spiro atoms. The number of nitrogens with one attached hydrogen (secondary N) is 1. The largest absolute Gasteiger partial charge is 0.451 e. The smallest absolute Gasteiger partial charge is 0.377 e. The number of hydrazine groups is 1. The first kappa shape index (κ1) is 16.4. The van der Waals surface area contributed by atoms with E-state index in [4.69, 9.17) is 10.6 Å². The van der Waals surface area contributed by atoms with Crippen LogP contribution in [0.2, 0.25) is 0 Å². The van der Waals surface area contributed by atoms with E-state index in [0.717, 1.165) is 0 Å². The molecule has 20 heavy (non-hydrogen) atoms. The summed E-state index contributed by atoms with van der Waals surface area (Å²) in [5, 5.41) is 0. The van der Waals surface area contributed by atoms with Gasteiger partial charge in [-0.1, -0.05) is 0 Å². The molecule has 1 aromatic rings. The fourth-order valence-corrected chi connectivity index (χ4v) is 1.37. The van der Waals surface area contributed by atoms with Gasteiger partial charge in [0.1, 0.15) is 11.6 Å². The van der Waals surface area contributed by atoms with E-state index in [9.17, 15) is 13.2 Å². The number of nitrogens with zero attached hydrogens (tertiary/aromatic N) is 3. The highest BCUT2D eigenvalue weighted by molar-refractivity contribution is 5.48. The van der Waals surface area contributed by atoms with Gasteiger partial charge in [-0.2, -0.15) is 13.2 Å². The maximum atomic E-state index is 12.7. The number of hydrogen-bond acceptors (Lipinski definition) is 6. The highest BCUT2D eigenvalue weighted by Gasteiger charge is 2.35. The summed E-state index contributed by atoms with van der Waals surface area (Å²) in [6, 6.07) is 1.34. The van der Waals surface area contributed by atoms with E-state index in [1.54, 1.807) is 11.9 Å². The molecule has 0 saturated carbocycles. The van der Waals surface area contributed by atoms with E-state index in [1.807, 2.05) is 13.8 Å². The molecule has 0 aromatic carbocycles. The van der Waals surface area contributed by atoms with Gasteiger partial charge in [0.25, 0.3) is 0 Å². The predicted molar refractivity (Wildman–Crippen MR) is 69.2 cm³/mol. The van der Waals surface area contributed by atoms with Gasteiger partial charge in [-0.15, -0.1) is 0 Å². The predicted octanol–water partition coefficient (Wildman–Crippen LogP) is 1.64. The molecule has 0 amide bonds. The molecule has 3 N–H and O–H groups in total. The van der Waals surface area contributed by atoms with Crippen LogP contribution < -0.4 is 16.2 Å². The molecule has 0 unspecified atom stereocenters. The Morgan fingerprint density at radius 2 is 2.05 bits per heavy atom. The summed E-state index contributed by atoms with van der Waals surface area (Å²) in [5.74, 6) is 3.90. The third-order valence-electron chi connectivity index (χ3n) is 2.38. The maximum absolute atomic E-state index is 12.7. The van der Waals surface area contributed by atoms with Gasteiger partial charge in [-0.05, 0) is 13.8 Å². The van der Waals surface area contributed by atoms with E-state index >= 15 is 0 Å². The Morgan fingerprint density at radius 1 is 1.40 bits per heavy atom. The van der Waals surface area contributed by atoms with Crippen LogP contribution in [-0.2, 0) is 10.9 Å². The number of alkyl halides is 3. The SMILES string of the molecule is CC(C)OCCN(C)c1cc(NN)nc(C(F)(F)F)n1. The summed E-state index contributed by atoms with van der Waals surface area (Å²) in [7, 11) is 1.62. The van der Waals surface area contributed by atoms with Gasteiger partial charge in [0.2, 0.25) is 5.82 Å². The second-order valence-corrected chi connectivity index (χ2v) is 4.42. The number of nitrogens with two attached hydrogens (primary N) is 1. The number of nitrogen functional groups attached to an aromatic ring is 1. The fraction of sp³-hybridized carbons (Fsp3) is 0.636. The quantitative estimate of drug-likeness (QED) is 0.613. The Kier molecular flexibility index (Phi) is 5.52. The average Bonchev–Trinajstić information content (AvgIpc) is 2.36.